The third kappa shape index (κ3) is 9.49. The number of anilines is 4. The van der Waals surface area contributed by atoms with Gasteiger partial charge in [-0.2, -0.15) is 0 Å². The van der Waals surface area contributed by atoms with Crippen molar-refractivity contribution in [3.63, 3.8) is 0 Å². The van der Waals surface area contributed by atoms with Gasteiger partial charge in [0.1, 0.15) is 0 Å². The molecular formula is C62H92B2N10Si. The van der Waals surface area contributed by atoms with Crippen molar-refractivity contribution in [3.05, 3.63) is 155 Å². The molecule has 0 saturated carbocycles. The third-order valence-corrected chi connectivity index (χ3v) is 20.7. The van der Waals surface area contributed by atoms with Crippen LogP contribution in [0, 0.1) is 0 Å². The van der Waals surface area contributed by atoms with E-state index < -0.39 is 23.0 Å². The lowest BCUT2D eigenvalue weighted by Gasteiger charge is -2.57. The van der Waals surface area contributed by atoms with Crippen molar-refractivity contribution in [2.24, 2.45) is 10.4 Å². The summed E-state index contributed by atoms with van der Waals surface area (Å²) in [7, 11) is -4.73. The van der Waals surface area contributed by atoms with Gasteiger partial charge in [-0.3, -0.25) is 0 Å². The highest BCUT2D eigenvalue weighted by Gasteiger charge is 2.75. The van der Waals surface area contributed by atoms with Crippen LogP contribution in [0.3, 0.4) is 0 Å². The molecule has 0 saturated heterocycles. The van der Waals surface area contributed by atoms with E-state index in [0.29, 0.717) is 0 Å². The van der Waals surface area contributed by atoms with Crippen LogP contribution in [0.25, 0.3) is 0 Å². The monoisotopic (exact) mass is 1030 g/mol. The molecule has 0 fully saturated rings. The Morgan fingerprint density at radius 2 is 0.507 bits per heavy atom. The summed E-state index contributed by atoms with van der Waals surface area (Å²) in [6, 6.07) is 27.9. The van der Waals surface area contributed by atoms with E-state index in [1.165, 1.54) is 67.3 Å². The van der Waals surface area contributed by atoms with Crippen LogP contribution in [0.4, 0.5) is 22.7 Å². The van der Waals surface area contributed by atoms with Crippen molar-refractivity contribution in [2.75, 3.05) is 19.2 Å². The van der Waals surface area contributed by atoms with Gasteiger partial charge in [0.25, 0.3) is 0 Å². The first-order valence-electron chi connectivity index (χ1n) is 28.5. The van der Waals surface area contributed by atoms with Gasteiger partial charge in [0.2, 0.25) is 0 Å². The molecule has 0 atom stereocenters. The second-order valence-electron chi connectivity index (χ2n) is 26.1. The maximum atomic E-state index is 5.86. The van der Waals surface area contributed by atoms with E-state index in [4.69, 9.17) is 10.4 Å². The highest BCUT2D eigenvalue weighted by Crippen LogP contribution is 2.52. The maximum Gasteiger partial charge on any atom is 0.527 e. The normalized spacial score (nSPS) is 17.0. The first-order chi connectivity index (χ1) is 35.2. The fraction of sp³-hybridized carbons (Fsp3) is 0.516. The lowest BCUT2D eigenvalue weighted by atomic mass is 9.81. The van der Waals surface area contributed by atoms with Crippen LogP contribution in [0.2, 0.25) is 0 Å². The first-order valence-corrected chi connectivity index (χ1v) is 30.2. The summed E-state index contributed by atoms with van der Waals surface area (Å²) < 4.78 is 10.4. The molecule has 4 aliphatic rings. The molecule has 0 amide bonds. The lowest BCUT2D eigenvalue weighted by Crippen LogP contribution is -2.86. The average molecular weight is 1030 g/mol. The van der Waals surface area contributed by atoms with Crippen molar-refractivity contribution in [2.45, 2.75) is 211 Å². The molecule has 13 heteroatoms. The molecule has 0 aromatic heterocycles. The highest BCUT2D eigenvalue weighted by molar-refractivity contribution is 6.91. The van der Waals surface area contributed by atoms with Crippen LogP contribution in [-0.4, -0.2) is 52.3 Å². The van der Waals surface area contributed by atoms with E-state index >= 15 is 0 Å². The van der Waals surface area contributed by atoms with Crippen molar-refractivity contribution in [3.8, 4) is 0 Å². The Morgan fingerprint density at radius 1 is 0.320 bits per heavy atom. The second kappa shape index (κ2) is 20.8. The molecule has 0 unspecified atom stereocenters. The van der Waals surface area contributed by atoms with Crippen molar-refractivity contribution in [1.29, 1.82) is 0 Å². The Hall–Kier alpha value is -5.55. The van der Waals surface area contributed by atoms with Crippen LogP contribution in [-0.2, 0) is 0 Å². The van der Waals surface area contributed by atoms with E-state index in [1.807, 2.05) is 0 Å². The van der Waals surface area contributed by atoms with Crippen LogP contribution in [0.5, 0.6) is 0 Å². The minimum Gasteiger partial charge on any atom is -0.349 e. The van der Waals surface area contributed by atoms with Gasteiger partial charge >= 0.3 is 23.0 Å². The fourth-order valence-electron chi connectivity index (χ4n) is 12.3. The molecule has 0 radical (unpaired) electrons. The molecule has 4 aliphatic heterocycles. The maximum absolute atomic E-state index is 5.86. The molecule has 0 N–H and O–H groups in total. The molecule has 10 nitrogen and oxygen atoms in total. The standard InChI is InChI=1S/C62H92B2N10Si/c1-41(2)49-27-23-28-50(42(3)4)57(49)67-35-36-68(58-51(43(5)6)29-24-30-52(58)44(7)8)63(67)73-65-66-74(75(73)71(61(17,18)19)39-40-72(75)62(20,21)22)64-69(59-53(45(9)10)31-25-32-54(59)46(11)12)37-38-70(64)60-55(47(13)14)33-26-34-56(60)48(15)16/h23-48H,1-22H3. The summed E-state index contributed by atoms with van der Waals surface area (Å²) in [6.45, 7) is 51.7. The Balaban J connectivity index is 1.53. The predicted octanol–water partition coefficient (Wildman–Crippen LogP) is 17.0. The number of hydrogen-bond acceptors (Lipinski definition) is 10. The highest BCUT2D eigenvalue weighted by atomic mass is 28.4. The average Bonchev–Trinajstić information content (AvgIpc) is 4.14. The van der Waals surface area contributed by atoms with Gasteiger partial charge in [0.05, 0.1) is 0 Å². The van der Waals surface area contributed by atoms with Gasteiger partial charge in [0, 0.05) is 71.0 Å². The topological polar surface area (TPSA) is 50.6 Å². The van der Waals surface area contributed by atoms with Gasteiger partial charge in [-0.25, -0.2) is 9.17 Å². The Labute approximate surface area is 456 Å². The Morgan fingerprint density at radius 3 is 0.667 bits per heavy atom. The molecule has 0 aliphatic carbocycles. The molecular weight excluding hydrogens is 934 g/mol. The van der Waals surface area contributed by atoms with E-state index in [1.54, 1.807) is 0 Å². The SMILES string of the molecule is CC(C)c1cccc(C(C)C)c1N1C=CN(c2c(C(C)C)cccc2C(C)C)B1N1N=NN(B2N(c3c(C(C)C)cccc3C(C)C)C=CN2c2c(C(C)C)cccc2C(C)C)[Si]12N(C(C)(C)C)C=CN2C(C)(C)C. The van der Waals surface area contributed by atoms with E-state index in [-0.39, 0.29) is 58.4 Å². The summed E-state index contributed by atoms with van der Waals surface area (Å²) in [5.41, 5.74) is 14.8. The zero-order valence-electron chi connectivity index (χ0n) is 50.1. The fourth-order valence-corrected chi connectivity index (χ4v) is 17.4. The first kappa shape index (κ1) is 55.7. The Bertz CT molecular complexity index is 2390. The molecule has 400 valence electrons. The number of rotatable bonds is 14. The summed E-state index contributed by atoms with van der Waals surface area (Å²) in [6.07, 6.45) is 14.2. The van der Waals surface area contributed by atoms with Gasteiger partial charge in [-0.15, -0.1) is 0 Å². The quantitative estimate of drug-likeness (QED) is 0.116. The summed E-state index contributed by atoms with van der Waals surface area (Å²) >= 11 is 0. The van der Waals surface area contributed by atoms with Gasteiger partial charge < -0.3 is 28.4 Å². The molecule has 0 bridgehead atoms. The van der Waals surface area contributed by atoms with Gasteiger partial charge in [0.15, 0.2) is 0 Å². The molecule has 75 heavy (non-hydrogen) atoms. The Kier molecular flexibility index (Phi) is 15.4. The largest absolute Gasteiger partial charge is 0.527 e. The van der Waals surface area contributed by atoms with Crippen LogP contribution < -0.4 is 19.2 Å². The summed E-state index contributed by atoms with van der Waals surface area (Å²) in [5.74, 6) is 2.13. The molecule has 4 aromatic rings. The van der Waals surface area contributed by atoms with Crippen LogP contribution >= 0.6 is 0 Å². The van der Waals surface area contributed by atoms with E-state index in [0.717, 1.165) is 0 Å². The predicted molar refractivity (Wildman–Crippen MR) is 325 cm³/mol. The van der Waals surface area contributed by atoms with Crippen LogP contribution in [0.1, 0.15) is 244 Å². The minimum absolute atomic E-state index is 0.267. The number of nitrogens with zero attached hydrogens (tertiary/aromatic N) is 10. The molecule has 1 spiro atoms. The number of benzene rings is 4. The zero-order valence-corrected chi connectivity index (χ0v) is 51.1. The van der Waals surface area contributed by atoms with Crippen molar-refractivity contribution >= 4 is 45.7 Å². The molecule has 8 rings (SSSR count). The zero-order chi connectivity index (χ0) is 55.0. The number of para-hydroxylation sites is 4. The van der Waals surface area contributed by atoms with Gasteiger partial charge in [-0.05, 0) is 133 Å². The van der Waals surface area contributed by atoms with Crippen LogP contribution in [0.15, 0.2) is 120 Å². The van der Waals surface area contributed by atoms with E-state index in [2.05, 4.69) is 300 Å². The molecule has 4 heterocycles. The summed E-state index contributed by atoms with van der Waals surface area (Å²) in [5, 5.41) is 11.7. The van der Waals surface area contributed by atoms with E-state index in [9.17, 15) is 0 Å². The second-order valence-corrected chi connectivity index (χ2v) is 29.2. The minimum atomic E-state index is -3.80. The lowest BCUT2D eigenvalue weighted by molar-refractivity contribution is 0.216. The van der Waals surface area contributed by atoms with Crippen molar-refractivity contribution in [1.82, 2.24) is 18.3 Å². The van der Waals surface area contributed by atoms with Gasteiger partial charge in [-0.1, -0.05) is 194 Å². The third-order valence-electron chi connectivity index (χ3n) is 15.9. The summed E-state index contributed by atoms with van der Waals surface area (Å²) in [4.78, 5) is 10.3. The van der Waals surface area contributed by atoms with Crippen molar-refractivity contribution < 1.29 is 0 Å². The molecule has 4 aromatic carbocycles. The smallest absolute Gasteiger partial charge is 0.349 e. The number of hydrogen-bond donors (Lipinski definition) is 0.